The van der Waals surface area contributed by atoms with Crippen LogP contribution in [0.1, 0.15) is 44.6 Å². The van der Waals surface area contributed by atoms with Gasteiger partial charge in [-0.3, -0.25) is 19.5 Å². The van der Waals surface area contributed by atoms with Crippen molar-refractivity contribution in [2.24, 2.45) is 0 Å². The number of carbonyl (C=O) groups excluding carboxylic acids is 3. The second-order valence-electron chi connectivity index (χ2n) is 9.55. The number of likely N-dealkylation sites (tertiary alicyclic amines) is 1. The minimum atomic E-state index is -0.502. The van der Waals surface area contributed by atoms with E-state index in [9.17, 15) is 14.4 Å². The highest BCUT2D eigenvalue weighted by atomic mass is 16.5. The molecule has 3 amide bonds. The molecule has 204 valence electrons. The number of nitrogens with one attached hydrogen (secondary N) is 3. The lowest BCUT2D eigenvalue weighted by Gasteiger charge is -2.21. The first-order valence-corrected chi connectivity index (χ1v) is 12.8. The number of benzene rings is 2. The number of methoxy groups -OCH3 is 1. The zero-order valence-corrected chi connectivity index (χ0v) is 22.1. The van der Waals surface area contributed by atoms with Crippen molar-refractivity contribution in [2.75, 3.05) is 26.8 Å². The molecule has 6 rings (SSSR count). The van der Waals surface area contributed by atoms with Crippen LogP contribution in [0.2, 0.25) is 0 Å². The van der Waals surface area contributed by atoms with Gasteiger partial charge in [0.15, 0.2) is 23.8 Å². The number of aromatic amines is 1. The van der Waals surface area contributed by atoms with Gasteiger partial charge < -0.3 is 29.7 Å². The molecule has 0 spiro atoms. The average Bonchev–Trinajstić information content (AvgIpc) is 3.52. The molecular formula is C28H31N5O6. The Hall–Kier alpha value is -4.54. The Kier molecular flexibility index (Phi) is 7.40. The van der Waals surface area contributed by atoms with Crippen molar-refractivity contribution in [1.29, 1.82) is 0 Å². The Labute approximate surface area is 225 Å². The number of rotatable bonds is 3. The Balaban J connectivity index is 1.45. The summed E-state index contributed by atoms with van der Waals surface area (Å²) in [5, 5.41) is 13.0. The number of carbonyl (C=O) groups is 3. The quantitative estimate of drug-likeness (QED) is 0.469. The van der Waals surface area contributed by atoms with E-state index < -0.39 is 12.1 Å². The van der Waals surface area contributed by atoms with E-state index >= 15 is 0 Å². The van der Waals surface area contributed by atoms with Crippen LogP contribution in [0.3, 0.4) is 0 Å². The van der Waals surface area contributed by atoms with Crippen LogP contribution in [-0.2, 0) is 17.8 Å². The van der Waals surface area contributed by atoms with E-state index in [0.717, 1.165) is 23.2 Å². The minimum Gasteiger partial charge on any atom is -0.493 e. The Morgan fingerprint density at radius 2 is 1.95 bits per heavy atom. The van der Waals surface area contributed by atoms with Crippen molar-refractivity contribution in [3.8, 4) is 17.2 Å². The van der Waals surface area contributed by atoms with Gasteiger partial charge >= 0.3 is 0 Å². The summed E-state index contributed by atoms with van der Waals surface area (Å²) >= 11 is 0. The number of aryl methyl sites for hydroxylation is 1. The maximum atomic E-state index is 13.4. The zero-order chi connectivity index (χ0) is 27.5. The summed E-state index contributed by atoms with van der Waals surface area (Å²) in [6.45, 7) is 4.47. The van der Waals surface area contributed by atoms with Crippen LogP contribution in [0.25, 0.3) is 0 Å². The third-order valence-corrected chi connectivity index (χ3v) is 7.02. The SMILES string of the molecule is CCc1[nH]nc(C(=O)N2C[C@@H]3NC(=O)c4ccc(OC)c(c4)OCC(=O)NCc4ccc(cc4)O[C@H]3C2)c1C. The van der Waals surface area contributed by atoms with E-state index in [2.05, 4.69) is 20.8 Å². The monoisotopic (exact) mass is 533 g/mol. The maximum absolute atomic E-state index is 13.4. The van der Waals surface area contributed by atoms with Gasteiger partial charge in [0, 0.05) is 29.9 Å². The van der Waals surface area contributed by atoms with E-state index in [1.807, 2.05) is 26.0 Å². The number of amides is 3. The molecule has 3 aliphatic heterocycles. The number of fused-ring (bicyclic) bond motifs is 7. The van der Waals surface area contributed by atoms with Crippen LogP contribution < -0.4 is 24.8 Å². The zero-order valence-electron chi connectivity index (χ0n) is 22.1. The van der Waals surface area contributed by atoms with E-state index in [1.54, 1.807) is 29.2 Å². The van der Waals surface area contributed by atoms with Crippen molar-refractivity contribution in [2.45, 2.75) is 39.0 Å². The number of aromatic nitrogens is 2. The fourth-order valence-corrected chi connectivity index (χ4v) is 4.77. The van der Waals surface area contributed by atoms with Gasteiger partial charge in [0.05, 0.1) is 19.7 Å². The summed E-state index contributed by atoms with van der Waals surface area (Å²) in [6.07, 6.45) is 0.238. The normalized spacial score (nSPS) is 19.3. The van der Waals surface area contributed by atoms with Crippen molar-refractivity contribution in [1.82, 2.24) is 25.7 Å². The maximum Gasteiger partial charge on any atom is 0.274 e. The number of nitrogens with zero attached hydrogens (tertiary/aromatic N) is 2. The first-order chi connectivity index (χ1) is 18.9. The summed E-state index contributed by atoms with van der Waals surface area (Å²) in [4.78, 5) is 40.7. The summed E-state index contributed by atoms with van der Waals surface area (Å²) in [6, 6.07) is 11.6. The van der Waals surface area contributed by atoms with Crippen LogP contribution in [-0.4, -0.2) is 71.8 Å². The van der Waals surface area contributed by atoms with Crippen molar-refractivity contribution in [3.63, 3.8) is 0 Å². The minimum absolute atomic E-state index is 0.220. The molecule has 0 radical (unpaired) electrons. The van der Waals surface area contributed by atoms with Gasteiger partial charge in [0.2, 0.25) is 0 Å². The summed E-state index contributed by atoms with van der Waals surface area (Å²) in [7, 11) is 1.48. The Bertz CT molecular complexity index is 1390. The molecular weight excluding hydrogens is 502 g/mol. The molecule has 2 aromatic carbocycles. The second kappa shape index (κ2) is 11.1. The number of hydrogen-bond acceptors (Lipinski definition) is 7. The van der Waals surface area contributed by atoms with Crippen LogP contribution >= 0.6 is 0 Å². The predicted octanol–water partition coefficient (Wildman–Crippen LogP) is 2.00. The highest BCUT2D eigenvalue weighted by Crippen LogP contribution is 2.29. The smallest absolute Gasteiger partial charge is 0.274 e. The summed E-state index contributed by atoms with van der Waals surface area (Å²) in [5.41, 5.74) is 3.31. The molecule has 4 heterocycles. The molecule has 1 aromatic heterocycles. The lowest BCUT2D eigenvalue weighted by Crippen LogP contribution is -2.45. The van der Waals surface area contributed by atoms with Crippen molar-refractivity contribution >= 4 is 17.7 Å². The third kappa shape index (κ3) is 5.52. The number of ether oxygens (including phenoxy) is 3. The molecule has 3 N–H and O–H groups in total. The first-order valence-electron chi connectivity index (χ1n) is 12.8. The molecule has 39 heavy (non-hydrogen) atoms. The molecule has 2 atom stereocenters. The molecule has 11 nitrogen and oxygen atoms in total. The third-order valence-electron chi connectivity index (χ3n) is 7.02. The average molecular weight is 534 g/mol. The van der Waals surface area contributed by atoms with Crippen LogP contribution in [0.4, 0.5) is 0 Å². The van der Waals surface area contributed by atoms with E-state index in [1.165, 1.54) is 13.2 Å². The van der Waals surface area contributed by atoms with E-state index in [4.69, 9.17) is 14.2 Å². The molecule has 4 bridgehead atoms. The van der Waals surface area contributed by atoms with E-state index in [-0.39, 0.29) is 43.2 Å². The summed E-state index contributed by atoms with van der Waals surface area (Å²) in [5.74, 6) is 0.352. The molecule has 11 heteroatoms. The van der Waals surface area contributed by atoms with E-state index in [0.29, 0.717) is 29.3 Å². The highest BCUT2D eigenvalue weighted by Gasteiger charge is 2.39. The molecule has 1 saturated heterocycles. The topological polar surface area (TPSA) is 135 Å². The van der Waals surface area contributed by atoms with Gasteiger partial charge in [0.25, 0.3) is 17.7 Å². The van der Waals surface area contributed by atoms with Gasteiger partial charge in [-0.15, -0.1) is 0 Å². The standard InChI is InChI=1S/C28H31N5O6/c1-4-20-16(2)26(32-31-20)28(36)33-13-21-24(14-33)39-19-8-5-17(6-9-19)12-29-25(34)15-38-23-11-18(27(35)30-21)7-10-22(23)37-3/h5-11,21,24H,4,12-15H2,1-3H3,(H,29,34)(H,30,35)(H,31,32)/t21-,24-/m0/s1. The van der Waals surface area contributed by atoms with Crippen molar-refractivity contribution in [3.05, 3.63) is 70.5 Å². The van der Waals surface area contributed by atoms with Gasteiger partial charge in [-0.05, 0) is 49.2 Å². The molecule has 3 aromatic rings. The summed E-state index contributed by atoms with van der Waals surface area (Å²) < 4.78 is 17.3. The predicted molar refractivity (Wildman–Crippen MR) is 141 cm³/mol. The molecule has 3 aliphatic rings. The largest absolute Gasteiger partial charge is 0.493 e. The van der Waals surface area contributed by atoms with Crippen LogP contribution in [0, 0.1) is 6.92 Å². The molecule has 0 aliphatic carbocycles. The molecule has 1 fully saturated rings. The fraction of sp³-hybridized carbons (Fsp3) is 0.357. The Morgan fingerprint density at radius 1 is 1.15 bits per heavy atom. The van der Waals surface area contributed by atoms with Gasteiger partial charge in [-0.1, -0.05) is 19.1 Å². The highest BCUT2D eigenvalue weighted by molar-refractivity contribution is 5.96. The van der Waals surface area contributed by atoms with Crippen molar-refractivity contribution < 1.29 is 28.6 Å². The van der Waals surface area contributed by atoms with Crippen LogP contribution in [0.15, 0.2) is 42.5 Å². The Morgan fingerprint density at radius 3 is 2.67 bits per heavy atom. The second-order valence-corrected chi connectivity index (χ2v) is 9.55. The molecule has 0 unspecified atom stereocenters. The van der Waals surface area contributed by atoms with Gasteiger partial charge in [0.1, 0.15) is 11.9 Å². The first kappa shape index (κ1) is 26.1. The number of H-pyrrole nitrogens is 1. The number of hydrogen-bond donors (Lipinski definition) is 3. The lowest BCUT2D eigenvalue weighted by molar-refractivity contribution is -0.123. The van der Waals surface area contributed by atoms with Gasteiger partial charge in [-0.25, -0.2) is 0 Å². The molecule has 0 saturated carbocycles. The fourth-order valence-electron chi connectivity index (χ4n) is 4.77. The lowest BCUT2D eigenvalue weighted by atomic mass is 10.1. The van der Waals surface area contributed by atoms with Crippen LogP contribution in [0.5, 0.6) is 17.2 Å². The van der Waals surface area contributed by atoms with Gasteiger partial charge in [-0.2, -0.15) is 5.10 Å².